The summed E-state index contributed by atoms with van der Waals surface area (Å²) in [5, 5.41) is 10.1. The van der Waals surface area contributed by atoms with Crippen LogP contribution in [-0.4, -0.2) is 39.4 Å². The highest BCUT2D eigenvalue weighted by atomic mass is 32.2. The molecule has 1 aliphatic carbocycles. The maximum atomic E-state index is 12.3. The molecule has 3 aliphatic rings. The SMILES string of the molecule is O=C(CCCCC1CCCCC1)C1=C(O)C2CSCN2C1=O. The van der Waals surface area contributed by atoms with Crippen LogP contribution in [0.2, 0.25) is 0 Å². The lowest BCUT2D eigenvalue weighted by atomic mass is 9.85. The lowest BCUT2D eigenvalue weighted by molar-refractivity contribution is -0.128. The summed E-state index contributed by atoms with van der Waals surface area (Å²) in [6, 6.07) is -0.251. The normalized spacial score (nSPS) is 25.9. The molecule has 4 nitrogen and oxygen atoms in total. The molecule has 2 heterocycles. The zero-order chi connectivity index (χ0) is 15.5. The van der Waals surface area contributed by atoms with Crippen molar-refractivity contribution in [2.75, 3.05) is 11.6 Å². The zero-order valence-electron chi connectivity index (χ0n) is 13.1. The first-order valence-electron chi connectivity index (χ1n) is 8.53. The molecule has 0 aromatic heterocycles. The summed E-state index contributed by atoms with van der Waals surface area (Å²) in [6.45, 7) is 0. The first kappa shape index (κ1) is 15.9. The average molecular weight is 323 g/mol. The number of thioether (sulfide) groups is 1. The standard InChI is InChI=1S/C17H25NO3S/c19-14(9-5-4-8-12-6-2-1-3-7-12)15-16(20)13-10-22-11-18(13)17(15)21/h12-13,20H,1-11H2. The van der Waals surface area contributed by atoms with Crippen LogP contribution in [0.5, 0.6) is 0 Å². The number of rotatable bonds is 6. The molecule has 2 aliphatic heterocycles. The Hall–Kier alpha value is -0.970. The van der Waals surface area contributed by atoms with E-state index >= 15 is 0 Å². The smallest absolute Gasteiger partial charge is 0.262 e. The summed E-state index contributed by atoms with van der Waals surface area (Å²) in [6.07, 6.45) is 10.3. The van der Waals surface area contributed by atoms with Gasteiger partial charge in [0.2, 0.25) is 0 Å². The van der Waals surface area contributed by atoms with Crippen molar-refractivity contribution in [3.8, 4) is 0 Å². The summed E-state index contributed by atoms with van der Waals surface area (Å²) in [5.74, 6) is 1.73. The molecule has 2 fully saturated rings. The van der Waals surface area contributed by atoms with Gasteiger partial charge in [-0.25, -0.2) is 0 Å². The Morgan fingerprint density at radius 2 is 2.00 bits per heavy atom. The van der Waals surface area contributed by atoms with E-state index in [9.17, 15) is 14.7 Å². The van der Waals surface area contributed by atoms with Gasteiger partial charge in [0.05, 0.1) is 5.88 Å². The Labute approximate surface area is 136 Å². The summed E-state index contributed by atoms with van der Waals surface area (Å²) in [7, 11) is 0. The van der Waals surface area contributed by atoms with E-state index in [1.165, 1.54) is 38.5 Å². The maximum absolute atomic E-state index is 12.3. The van der Waals surface area contributed by atoms with E-state index in [2.05, 4.69) is 0 Å². The van der Waals surface area contributed by atoms with Gasteiger partial charge in [-0.1, -0.05) is 44.9 Å². The van der Waals surface area contributed by atoms with Crippen molar-refractivity contribution in [1.82, 2.24) is 4.90 Å². The fourth-order valence-corrected chi connectivity index (χ4v) is 5.03. The van der Waals surface area contributed by atoms with Crippen molar-refractivity contribution >= 4 is 23.5 Å². The Balaban J connectivity index is 1.45. The van der Waals surface area contributed by atoms with Gasteiger partial charge in [-0.3, -0.25) is 9.59 Å². The largest absolute Gasteiger partial charge is 0.509 e. The Bertz CT molecular complexity index is 482. The molecule has 122 valence electrons. The van der Waals surface area contributed by atoms with E-state index in [1.807, 2.05) is 0 Å². The molecule has 1 saturated heterocycles. The molecule has 1 atom stereocenters. The highest BCUT2D eigenvalue weighted by Gasteiger charge is 2.44. The maximum Gasteiger partial charge on any atom is 0.262 e. The van der Waals surface area contributed by atoms with Crippen molar-refractivity contribution in [2.45, 2.75) is 63.8 Å². The third-order valence-corrected chi connectivity index (χ3v) is 6.21. The average Bonchev–Trinajstić information content (AvgIpc) is 3.09. The van der Waals surface area contributed by atoms with Gasteiger partial charge >= 0.3 is 0 Å². The number of hydrogen-bond donors (Lipinski definition) is 1. The Morgan fingerprint density at radius 3 is 2.73 bits per heavy atom. The van der Waals surface area contributed by atoms with Crippen LogP contribution in [0.1, 0.15) is 57.8 Å². The van der Waals surface area contributed by atoms with E-state index < -0.39 is 0 Å². The second-order valence-corrected chi connectivity index (χ2v) is 7.72. The van der Waals surface area contributed by atoms with Gasteiger partial charge in [-0.05, 0) is 12.3 Å². The number of fused-ring (bicyclic) bond motifs is 1. The van der Waals surface area contributed by atoms with Gasteiger partial charge in [0.25, 0.3) is 5.91 Å². The molecule has 1 unspecified atom stereocenters. The highest BCUT2D eigenvalue weighted by Crippen LogP contribution is 2.34. The lowest BCUT2D eigenvalue weighted by Gasteiger charge is -2.21. The number of aliphatic hydroxyl groups is 1. The Morgan fingerprint density at radius 1 is 1.23 bits per heavy atom. The zero-order valence-corrected chi connectivity index (χ0v) is 13.9. The summed E-state index contributed by atoms with van der Waals surface area (Å²) in [4.78, 5) is 26.1. The molecule has 1 saturated carbocycles. The number of hydrogen-bond acceptors (Lipinski definition) is 4. The minimum absolute atomic E-state index is 0.0206. The number of aliphatic hydroxyl groups excluding tert-OH is 1. The van der Waals surface area contributed by atoms with Crippen molar-refractivity contribution in [3.05, 3.63) is 11.3 Å². The number of carbonyl (C=O) groups excluding carboxylic acids is 2. The van der Waals surface area contributed by atoms with Crippen LogP contribution in [0.15, 0.2) is 11.3 Å². The van der Waals surface area contributed by atoms with Crippen molar-refractivity contribution in [3.63, 3.8) is 0 Å². The first-order valence-corrected chi connectivity index (χ1v) is 9.69. The van der Waals surface area contributed by atoms with Crippen LogP contribution in [0.25, 0.3) is 0 Å². The van der Waals surface area contributed by atoms with Crippen LogP contribution in [0.4, 0.5) is 0 Å². The third kappa shape index (κ3) is 3.19. The number of ketones is 1. The molecular formula is C17H25NO3S. The van der Waals surface area contributed by atoms with Crippen molar-refractivity contribution in [1.29, 1.82) is 0 Å². The fourth-order valence-electron chi connectivity index (χ4n) is 3.87. The highest BCUT2D eigenvalue weighted by molar-refractivity contribution is 7.99. The summed E-state index contributed by atoms with van der Waals surface area (Å²) in [5.41, 5.74) is 0.0722. The molecule has 22 heavy (non-hydrogen) atoms. The van der Waals surface area contributed by atoms with Gasteiger partial charge < -0.3 is 10.0 Å². The van der Waals surface area contributed by atoms with Crippen LogP contribution >= 0.6 is 11.8 Å². The molecule has 1 N–H and O–H groups in total. The number of nitrogens with zero attached hydrogens (tertiary/aromatic N) is 1. The third-order valence-electron chi connectivity index (χ3n) is 5.20. The van der Waals surface area contributed by atoms with E-state index in [1.54, 1.807) is 16.7 Å². The van der Waals surface area contributed by atoms with E-state index in [0.29, 0.717) is 18.1 Å². The van der Waals surface area contributed by atoms with E-state index in [-0.39, 0.29) is 29.1 Å². The molecular weight excluding hydrogens is 298 g/mol. The van der Waals surface area contributed by atoms with Crippen LogP contribution in [-0.2, 0) is 9.59 Å². The lowest BCUT2D eigenvalue weighted by Crippen LogP contribution is -2.31. The molecule has 0 bridgehead atoms. The molecule has 0 aromatic rings. The van der Waals surface area contributed by atoms with Crippen LogP contribution in [0, 0.1) is 5.92 Å². The minimum atomic E-state index is -0.259. The predicted octanol–water partition coefficient (Wildman–Crippen LogP) is 3.42. The van der Waals surface area contributed by atoms with Crippen LogP contribution < -0.4 is 0 Å². The number of carbonyl (C=O) groups is 2. The topological polar surface area (TPSA) is 57.6 Å². The Kier molecular flexibility index (Phi) is 5.11. The quantitative estimate of drug-likeness (QED) is 0.601. The molecule has 0 radical (unpaired) electrons. The molecule has 0 spiro atoms. The van der Waals surface area contributed by atoms with Gasteiger partial charge in [0, 0.05) is 12.2 Å². The molecule has 5 heteroatoms. The number of Topliss-reactive ketones (excluding diaryl/α,β-unsaturated/α-hetero) is 1. The van der Waals surface area contributed by atoms with Gasteiger partial charge in [-0.15, -0.1) is 11.8 Å². The van der Waals surface area contributed by atoms with Gasteiger partial charge in [0.15, 0.2) is 5.78 Å². The van der Waals surface area contributed by atoms with Crippen LogP contribution in [0.3, 0.4) is 0 Å². The minimum Gasteiger partial charge on any atom is -0.509 e. The molecule has 0 aromatic carbocycles. The van der Waals surface area contributed by atoms with Gasteiger partial charge in [-0.2, -0.15) is 0 Å². The predicted molar refractivity (Wildman–Crippen MR) is 87.7 cm³/mol. The van der Waals surface area contributed by atoms with Crippen molar-refractivity contribution < 1.29 is 14.7 Å². The molecule has 1 amide bonds. The van der Waals surface area contributed by atoms with Crippen molar-refractivity contribution in [2.24, 2.45) is 5.92 Å². The second kappa shape index (κ2) is 7.07. The van der Waals surface area contributed by atoms with E-state index in [4.69, 9.17) is 0 Å². The summed E-state index contributed by atoms with van der Waals surface area (Å²) >= 11 is 1.62. The summed E-state index contributed by atoms with van der Waals surface area (Å²) < 4.78 is 0. The number of amides is 1. The number of unbranched alkanes of at least 4 members (excludes halogenated alkanes) is 1. The van der Waals surface area contributed by atoms with E-state index in [0.717, 1.165) is 18.8 Å². The molecule has 3 rings (SSSR count). The monoisotopic (exact) mass is 323 g/mol. The second-order valence-electron chi connectivity index (χ2n) is 6.72. The first-order chi connectivity index (χ1) is 10.7. The fraction of sp³-hybridized carbons (Fsp3) is 0.765. The van der Waals surface area contributed by atoms with Gasteiger partial charge in [0.1, 0.15) is 17.4 Å².